The summed E-state index contributed by atoms with van der Waals surface area (Å²) in [4.78, 5) is 50.8. The summed E-state index contributed by atoms with van der Waals surface area (Å²) in [6.45, 7) is 6.99. The van der Waals surface area contributed by atoms with Gasteiger partial charge in [0.1, 0.15) is 0 Å². The molecule has 1 heterocycles. The van der Waals surface area contributed by atoms with Gasteiger partial charge in [0.25, 0.3) is 17.7 Å². The summed E-state index contributed by atoms with van der Waals surface area (Å²) >= 11 is 0. The summed E-state index contributed by atoms with van der Waals surface area (Å²) in [5.74, 6) is -2.04. The van der Waals surface area contributed by atoms with Crippen LogP contribution in [0, 0.1) is 0 Å². The molecule has 7 nitrogen and oxygen atoms in total. The molecular formula is C23H24N2O5. The number of carbonyl (C=O) groups is 4. The zero-order chi connectivity index (χ0) is 22.0. The van der Waals surface area contributed by atoms with Crippen molar-refractivity contribution in [3.8, 4) is 0 Å². The van der Waals surface area contributed by atoms with Crippen LogP contribution < -0.4 is 5.32 Å². The Morgan fingerprint density at radius 2 is 1.60 bits per heavy atom. The lowest BCUT2D eigenvalue weighted by Gasteiger charge is -2.17. The van der Waals surface area contributed by atoms with Gasteiger partial charge in [-0.1, -0.05) is 19.1 Å². The van der Waals surface area contributed by atoms with Crippen molar-refractivity contribution < 1.29 is 23.9 Å². The Kier molecular flexibility index (Phi) is 6.01. The summed E-state index contributed by atoms with van der Waals surface area (Å²) in [5, 5.41) is 2.70. The molecule has 0 fully saturated rings. The maximum atomic E-state index is 12.5. The first-order chi connectivity index (χ1) is 14.2. The molecule has 7 heteroatoms. The topological polar surface area (TPSA) is 92.8 Å². The number of esters is 1. The van der Waals surface area contributed by atoms with Crippen molar-refractivity contribution >= 4 is 29.4 Å². The van der Waals surface area contributed by atoms with Gasteiger partial charge in [0.15, 0.2) is 6.10 Å². The standard InChI is InChI=1S/C23H24N2O5/c1-5-15-6-9-17(10-7-15)24-20(26)14(4)30-23(29)16-8-11-18-19(12-16)22(28)25(13(2)3)21(18)27/h6-14H,5H2,1-4H3,(H,24,26)/t14-/m1/s1. The third kappa shape index (κ3) is 4.10. The molecule has 0 saturated heterocycles. The number of aryl methyl sites for hydroxylation is 1. The predicted octanol–water partition coefficient (Wildman–Crippen LogP) is 3.44. The SMILES string of the molecule is CCc1ccc(NC(=O)[C@@H](C)OC(=O)c2ccc3c(c2)C(=O)N(C(C)C)C3=O)cc1. The Labute approximate surface area is 175 Å². The summed E-state index contributed by atoms with van der Waals surface area (Å²) in [6.07, 6.45) is -0.146. The summed E-state index contributed by atoms with van der Waals surface area (Å²) in [5.41, 5.74) is 2.28. The van der Waals surface area contributed by atoms with E-state index in [1.54, 1.807) is 26.0 Å². The fourth-order valence-electron chi connectivity index (χ4n) is 3.21. The molecule has 0 aliphatic carbocycles. The fraction of sp³-hybridized carbons (Fsp3) is 0.304. The number of amides is 3. The second-order valence-corrected chi connectivity index (χ2v) is 7.42. The quantitative estimate of drug-likeness (QED) is 0.584. The molecule has 2 aromatic rings. The molecule has 0 aromatic heterocycles. The van der Waals surface area contributed by atoms with Crippen LogP contribution in [0.5, 0.6) is 0 Å². The van der Waals surface area contributed by atoms with Gasteiger partial charge >= 0.3 is 5.97 Å². The third-order valence-corrected chi connectivity index (χ3v) is 4.95. The first-order valence-corrected chi connectivity index (χ1v) is 9.85. The molecule has 1 aliphatic rings. The molecule has 0 saturated carbocycles. The van der Waals surface area contributed by atoms with E-state index < -0.39 is 23.9 Å². The Morgan fingerprint density at radius 1 is 0.967 bits per heavy atom. The van der Waals surface area contributed by atoms with E-state index in [0.29, 0.717) is 5.69 Å². The highest BCUT2D eigenvalue weighted by atomic mass is 16.5. The summed E-state index contributed by atoms with van der Waals surface area (Å²) in [6, 6.07) is 11.3. The number of nitrogens with one attached hydrogen (secondary N) is 1. The zero-order valence-corrected chi connectivity index (χ0v) is 17.4. The fourth-order valence-corrected chi connectivity index (χ4v) is 3.21. The van der Waals surface area contributed by atoms with Gasteiger partial charge in [-0.15, -0.1) is 0 Å². The smallest absolute Gasteiger partial charge is 0.338 e. The Hall–Kier alpha value is -3.48. The monoisotopic (exact) mass is 408 g/mol. The summed E-state index contributed by atoms with van der Waals surface area (Å²) < 4.78 is 5.25. The van der Waals surface area contributed by atoms with Crippen molar-refractivity contribution in [3.05, 3.63) is 64.7 Å². The van der Waals surface area contributed by atoms with Crippen LogP contribution in [0.2, 0.25) is 0 Å². The second kappa shape index (κ2) is 8.49. The van der Waals surface area contributed by atoms with Crippen LogP contribution in [-0.4, -0.2) is 40.7 Å². The first kappa shape index (κ1) is 21.2. The van der Waals surface area contributed by atoms with Crippen LogP contribution in [0.25, 0.3) is 0 Å². The van der Waals surface area contributed by atoms with Crippen LogP contribution in [0.1, 0.15) is 64.3 Å². The molecule has 3 rings (SSSR count). The maximum absolute atomic E-state index is 12.5. The van der Waals surface area contributed by atoms with Gasteiger partial charge in [-0.25, -0.2) is 4.79 Å². The molecule has 0 radical (unpaired) electrons. The van der Waals surface area contributed by atoms with Crippen molar-refractivity contribution in [1.82, 2.24) is 4.90 Å². The second-order valence-electron chi connectivity index (χ2n) is 7.42. The Balaban J connectivity index is 1.68. The molecule has 0 unspecified atom stereocenters. The van der Waals surface area contributed by atoms with Gasteiger partial charge in [-0.3, -0.25) is 19.3 Å². The Morgan fingerprint density at radius 3 is 2.20 bits per heavy atom. The van der Waals surface area contributed by atoms with E-state index in [0.717, 1.165) is 16.9 Å². The van der Waals surface area contributed by atoms with Gasteiger partial charge in [-0.05, 0) is 63.1 Å². The van der Waals surface area contributed by atoms with E-state index in [2.05, 4.69) is 5.32 Å². The van der Waals surface area contributed by atoms with Gasteiger partial charge in [0, 0.05) is 11.7 Å². The molecule has 0 spiro atoms. The number of anilines is 1. The van der Waals surface area contributed by atoms with Gasteiger partial charge < -0.3 is 10.1 Å². The molecule has 156 valence electrons. The normalized spacial score (nSPS) is 14.0. The first-order valence-electron chi connectivity index (χ1n) is 9.85. The number of benzene rings is 2. The van der Waals surface area contributed by atoms with Crippen molar-refractivity contribution in [2.45, 2.75) is 46.3 Å². The average Bonchev–Trinajstić information content (AvgIpc) is 2.98. The van der Waals surface area contributed by atoms with Crippen LogP contribution in [0.3, 0.4) is 0 Å². The minimum atomic E-state index is -1.04. The zero-order valence-electron chi connectivity index (χ0n) is 17.4. The van der Waals surface area contributed by atoms with Crippen LogP contribution >= 0.6 is 0 Å². The Bertz CT molecular complexity index is 1010. The molecule has 1 N–H and O–H groups in total. The van der Waals surface area contributed by atoms with E-state index in [-0.39, 0.29) is 28.6 Å². The number of rotatable bonds is 6. The lowest BCUT2D eigenvalue weighted by atomic mass is 10.1. The maximum Gasteiger partial charge on any atom is 0.338 e. The molecule has 0 bridgehead atoms. The molecule has 1 atom stereocenters. The van der Waals surface area contributed by atoms with Crippen molar-refractivity contribution in [1.29, 1.82) is 0 Å². The molecular weight excluding hydrogens is 384 g/mol. The molecule has 3 amide bonds. The van der Waals surface area contributed by atoms with Crippen molar-refractivity contribution in [2.24, 2.45) is 0 Å². The highest BCUT2D eigenvalue weighted by molar-refractivity contribution is 6.22. The van der Waals surface area contributed by atoms with Crippen LogP contribution in [0.4, 0.5) is 5.69 Å². The van der Waals surface area contributed by atoms with Gasteiger partial charge in [-0.2, -0.15) is 0 Å². The van der Waals surface area contributed by atoms with E-state index in [1.807, 2.05) is 19.1 Å². The number of hydrogen-bond acceptors (Lipinski definition) is 5. The minimum Gasteiger partial charge on any atom is -0.449 e. The van der Waals surface area contributed by atoms with E-state index in [9.17, 15) is 19.2 Å². The predicted molar refractivity (Wildman–Crippen MR) is 111 cm³/mol. The summed E-state index contributed by atoms with van der Waals surface area (Å²) in [7, 11) is 0. The molecule has 30 heavy (non-hydrogen) atoms. The number of hydrogen-bond donors (Lipinski definition) is 1. The van der Waals surface area contributed by atoms with E-state index in [4.69, 9.17) is 4.74 Å². The average molecular weight is 408 g/mol. The van der Waals surface area contributed by atoms with E-state index in [1.165, 1.54) is 25.1 Å². The number of carbonyl (C=O) groups excluding carboxylic acids is 4. The lowest BCUT2D eigenvalue weighted by Crippen LogP contribution is -2.35. The van der Waals surface area contributed by atoms with Crippen LogP contribution in [-0.2, 0) is 16.0 Å². The van der Waals surface area contributed by atoms with E-state index >= 15 is 0 Å². The molecule has 1 aliphatic heterocycles. The van der Waals surface area contributed by atoms with Gasteiger partial charge in [0.05, 0.1) is 16.7 Å². The molecule has 2 aromatic carbocycles. The highest BCUT2D eigenvalue weighted by Gasteiger charge is 2.37. The number of nitrogens with zero attached hydrogens (tertiary/aromatic N) is 1. The highest BCUT2D eigenvalue weighted by Crippen LogP contribution is 2.26. The largest absolute Gasteiger partial charge is 0.449 e. The van der Waals surface area contributed by atoms with Crippen molar-refractivity contribution in [3.63, 3.8) is 0 Å². The number of fused-ring (bicyclic) bond motifs is 1. The number of ether oxygens (including phenoxy) is 1. The van der Waals surface area contributed by atoms with Crippen LogP contribution in [0.15, 0.2) is 42.5 Å². The number of imide groups is 1. The van der Waals surface area contributed by atoms with Crippen molar-refractivity contribution in [2.75, 3.05) is 5.32 Å². The minimum absolute atomic E-state index is 0.104. The lowest BCUT2D eigenvalue weighted by molar-refractivity contribution is -0.123. The third-order valence-electron chi connectivity index (χ3n) is 4.95. The van der Waals surface area contributed by atoms with Gasteiger partial charge in [0.2, 0.25) is 0 Å².